The van der Waals surface area contributed by atoms with E-state index >= 15 is 0 Å². The van der Waals surface area contributed by atoms with Crippen molar-refractivity contribution in [2.75, 3.05) is 0 Å². The van der Waals surface area contributed by atoms with E-state index in [0.29, 0.717) is 17.8 Å². The summed E-state index contributed by atoms with van der Waals surface area (Å²) in [5.41, 5.74) is 1.55. The third kappa shape index (κ3) is 3.32. The maximum atomic E-state index is 13.1. The molecule has 2 fully saturated rings. The van der Waals surface area contributed by atoms with Crippen LogP contribution in [0.5, 0.6) is 0 Å². The molecule has 1 N–H and O–H groups in total. The molecule has 2 aliphatic rings. The lowest BCUT2D eigenvalue weighted by Gasteiger charge is -2.50. The third-order valence-electron chi connectivity index (χ3n) is 7.49. The summed E-state index contributed by atoms with van der Waals surface area (Å²) >= 11 is 0. The molecule has 1 aromatic rings. The number of aryl methyl sites for hydroxylation is 1. The predicted molar refractivity (Wildman–Crippen MR) is 107 cm³/mol. The predicted octanol–water partition coefficient (Wildman–Crippen LogP) is 6.22. The number of hydrogen-bond donors (Lipinski definition) is 1. The average molecular weight is 357 g/mol. The molecule has 0 spiro atoms. The van der Waals surface area contributed by atoms with Crippen molar-refractivity contribution >= 4 is 5.97 Å². The Kier molecular flexibility index (Phi) is 5.79. The third-order valence-corrected chi connectivity index (χ3v) is 7.49. The molecular formula is C24H36O2. The Morgan fingerprint density at radius 3 is 2.23 bits per heavy atom. The molecule has 2 heteroatoms. The molecule has 0 amide bonds. The van der Waals surface area contributed by atoms with E-state index in [1.807, 2.05) is 0 Å². The van der Waals surface area contributed by atoms with E-state index in [0.717, 1.165) is 24.8 Å². The zero-order valence-electron chi connectivity index (χ0n) is 17.0. The summed E-state index contributed by atoms with van der Waals surface area (Å²) in [6.07, 6.45) is 7.97. The van der Waals surface area contributed by atoms with Crippen molar-refractivity contribution < 1.29 is 9.90 Å². The Bertz CT molecular complexity index is 612. The standard InChI is InChI=1S/C24H36O2/c1-16(2)21-14-11-18(4)15-22(21)24(23(25)26,19-7-5-6-8-19)20-12-9-17(3)10-13-20/h9-10,12-13,16,18-19,21-22H,5-8,11,14-15H2,1-4H3,(H,25,26)/t18-,21+,22-,24-/m1/s1. The molecule has 0 aliphatic heterocycles. The van der Waals surface area contributed by atoms with Crippen LogP contribution in [-0.2, 0) is 10.2 Å². The van der Waals surface area contributed by atoms with E-state index in [1.54, 1.807) is 0 Å². The van der Waals surface area contributed by atoms with Crippen LogP contribution in [0.3, 0.4) is 0 Å². The molecule has 26 heavy (non-hydrogen) atoms. The Hall–Kier alpha value is -1.31. The van der Waals surface area contributed by atoms with Crippen LogP contribution in [0.15, 0.2) is 24.3 Å². The molecule has 3 rings (SSSR count). The number of carboxylic acids is 1. The fraction of sp³-hybridized carbons (Fsp3) is 0.708. The summed E-state index contributed by atoms with van der Waals surface area (Å²) in [6, 6.07) is 8.47. The lowest BCUT2D eigenvalue weighted by atomic mass is 9.52. The van der Waals surface area contributed by atoms with Gasteiger partial charge in [-0.25, -0.2) is 0 Å². The minimum absolute atomic E-state index is 0.245. The van der Waals surface area contributed by atoms with Crippen LogP contribution in [0.25, 0.3) is 0 Å². The second-order valence-electron chi connectivity index (χ2n) is 9.45. The summed E-state index contributed by atoms with van der Waals surface area (Å²) in [4.78, 5) is 13.1. The first-order valence-corrected chi connectivity index (χ1v) is 10.7. The monoisotopic (exact) mass is 356 g/mol. The molecule has 2 aliphatic carbocycles. The molecule has 4 atom stereocenters. The first kappa shape index (κ1) is 19.5. The Labute approximate surface area is 159 Å². The molecular weight excluding hydrogens is 320 g/mol. The van der Waals surface area contributed by atoms with Gasteiger partial charge in [-0.05, 0) is 67.8 Å². The van der Waals surface area contributed by atoms with Crippen LogP contribution < -0.4 is 0 Å². The number of benzene rings is 1. The lowest BCUT2D eigenvalue weighted by molar-refractivity contribution is -0.153. The van der Waals surface area contributed by atoms with E-state index in [1.165, 1.54) is 31.2 Å². The molecule has 2 saturated carbocycles. The molecule has 0 bridgehead atoms. The van der Waals surface area contributed by atoms with Gasteiger partial charge in [-0.3, -0.25) is 4.79 Å². The normalized spacial score (nSPS) is 29.7. The highest BCUT2D eigenvalue weighted by Gasteiger charge is 2.56. The number of carbonyl (C=O) groups is 1. The van der Waals surface area contributed by atoms with Crippen LogP contribution >= 0.6 is 0 Å². The van der Waals surface area contributed by atoms with E-state index in [2.05, 4.69) is 52.0 Å². The van der Waals surface area contributed by atoms with Gasteiger partial charge in [0.25, 0.3) is 0 Å². The molecule has 0 aromatic heterocycles. The van der Waals surface area contributed by atoms with Crippen molar-refractivity contribution in [1.29, 1.82) is 0 Å². The van der Waals surface area contributed by atoms with Crippen molar-refractivity contribution in [2.45, 2.75) is 78.1 Å². The fourth-order valence-electron chi connectivity index (χ4n) is 6.15. The van der Waals surface area contributed by atoms with Crippen molar-refractivity contribution in [3.8, 4) is 0 Å². The second-order valence-corrected chi connectivity index (χ2v) is 9.45. The maximum absolute atomic E-state index is 13.1. The molecule has 1 aromatic carbocycles. The van der Waals surface area contributed by atoms with Crippen LogP contribution in [0.2, 0.25) is 0 Å². The van der Waals surface area contributed by atoms with Gasteiger partial charge in [0.2, 0.25) is 0 Å². The van der Waals surface area contributed by atoms with Crippen LogP contribution in [0.4, 0.5) is 0 Å². The number of aliphatic carboxylic acids is 1. The average Bonchev–Trinajstić information content (AvgIpc) is 3.11. The summed E-state index contributed by atoms with van der Waals surface area (Å²) in [5.74, 6) is 1.62. The van der Waals surface area contributed by atoms with Crippen molar-refractivity contribution in [2.24, 2.45) is 29.6 Å². The SMILES string of the molecule is Cc1ccc([C@](C(=O)O)(C2CCCC2)[C@@H]2C[C@H](C)CC[C@H]2C(C)C)cc1. The van der Waals surface area contributed by atoms with Gasteiger partial charge in [0.1, 0.15) is 0 Å². The second kappa shape index (κ2) is 7.74. The topological polar surface area (TPSA) is 37.3 Å². The molecule has 2 nitrogen and oxygen atoms in total. The van der Waals surface area contributed by atoms with Crippen molar-refractivity contribution in [3.05, 3.63) is 35.4 Å². The highest BCUT2D eigenvalue weighted by molar-refractivity contribution is 5.82. The van der Waals surface area contributed by atoms with Gasteiger partial charge >= 0.3 is 5.97 Å². The van der Waals surface area contributed by atoms with E-state index in [4.69, 9.17) is 0 Å². The summed E-state index contributed by atoms with van der Waals surface area (Å²) in [6.45, 7) is 9.00. The number of carboxylic acid groups (broad SMARTS) is 1. The molecule has 0 unspecified atom stereocenters. The Morgan fingerprint density at radius 1 is 1.08 bits per heavy atom. The van der Waals surface area contributed by atoms with Crippen molar-refractivity contribution in [1.82, 2.24) is 0 Å². The Balaban J connectivity index is 2.17. The summed E-state index contributed by atoms with van der Waals surface area (Å²) in [5, 5.41) is 10.7. The molecule has 0 radical (unpaired) electrons. The van der Waals surface area contributed by atoms with E-state index < -0.39 is 11.4 Å². The number of hydrogen-bond acceptors (Lipinski definition) is 1. The van der Waals surface area contributed by atoms with Crippen LogP contribution in [0, 0.1) is 36.5 Å². The van der Waals surface area contributed by atoms with Gasteiger partial charge < -0.3 is 5.11 Å². The Morgan fingerprint density at radius 2 is 1.69 bits per heavy atom. The van der Waals surface area contributed by atoms with Gasteiger partial charge in [0.15, 0.2) is 0 Å². The molecule has 144 valence electrons. The fourth-order valence-corrected chi connectivity index (χ4v) is 6.15. The van der Waals surface area contributed by atoms with Crippen LogP contribution in [0.1, 0.15) is 76.8 Å². The van der Waals surface area contributed by atoms with Crippen LogP contribution in [-0.4, -0.2) is 11.1 Å². The van der Waals surface area contributed by atoms with Gasteiger partial charge in [0.05, 0.1) is 5.41 Å². The van der Waals surface area contributed by atoms with E-state index in [9.17, 15) is 9.90 Å². The summed E-state index contributed by atoms with van der Waals surface area (Å²) < 4.78 is 0. The van der Waals surface area contributed by atoms with Gasteiger partial charge in [0, 0.05) is 0 Å². The largest absolute Gasteiger partial charge is 0.481 e. The van der Waals surface area contributed by atoms with Gasteiger partial charge in [-0.1, -0.05) is 69.9 Å². The first-order chi connectivity index (χ1) is 12.4. The van der Waals surface area contributed by atoms with Crippen molar-refractivity contribution in [3.63, 3.8) is 0 Å². The number of rotatable bonds is 5. The first-order valence-electron chi connectivity index (χ1n) is 10.7. The van der Waals surface area contributed by atoms with Gasteiger partial charge in [-0.2, -0.15) is 0 Å². The lowest BCUT2D eigenvalue weighted by Crippen LogP contribution is -2.53. The van der Waals surface area contributed by atoms with Gasteiger partial charge in [-0.15, -0.1) is 0 Å². The zero-order chi connectivity index (χ0) is 18.9. The quantitative estimate of drug-likeness (QED) is 0.680. The smallest absolute Gasteiger partial charge is 0.314 e. The minimum atomic E-state index is -0.714. The molecule has 0 heterocycles. The highest BCUT2D eigenvalue weighted by atomic mass is 16.4. The summed E-state index contributed by atoms with van der Waals surface area (Å²) in [7, 11) is 0. The van der Waals surface area contributed by atoms with E-state index in [-0.39, 0.29) is 11.8 Å². The maximum Gasteiger partial charge on any atom is 0.314 e. The molecule has 0 saturated heterocycles. The highest BCUT2D eigenvalue weighted by Crippen LogP contribution is 2.55. The zero-order valence-corrected chi connectivity index (χ0v) is 17.0. The minimum Gasteiger partial charge on any atom is -0.481 e.